The van der Waals surface area contributed by atoms with E-state index in [-0.39, 0.29) is 5.78 Å². The van der Waals surface area contributed by atoms with Crippen LogP contribution in [0.3, 0.4) is 0 Å². The van der Waals surface area contributed by atoms with Gasteiger partial charge in [0, 0.05) is 12.4 Å². The first kappa shape index (κ1) is 7.66. The molecule has 0 aliphatic heterocycles. The van der Waals surface area contributed by atoms with Crippen LogP contribution in [0.1, 0.15) is 12.5 Å². The molecule has 0 aliphatic rings. The minimum Gasteiger partial charge on any atom is -0.295 e. The van der Waals surface area contributed by atoms with E-state index in [9.17, 15) is 4.79 Å². The average molecular weight is 147 g/mol. The summed E-state index contributed by atoms with van der Waals surface area (Å²) in [5.74, 6) is 0.0572. The van der Waals surface area contributed by atoms with Crippen LogP contribution in [0.15, 0.2) is 30.6 Å². The Bertz CT molecular complexity index is 264. The third kappa shape index (κ3) is 2.76. The molecule has 1 aromatic rings. The summed E-state index contributed by atoms with van der Waals surface area (Å²) in [7, 11) is 0. The van der Waals surface area contributed by atoms with Gasteiger partial charge in [-0.25, -0.2) is 0 Å². The fraction of sp³-hybridized carbons (Fsp3) is 0.111. The first-order valence-electron chi connectivity index (χ1n) is 3.38. The Morgan fingerprint density at radius 2 is 2.09 bits per heavy atom. The zero-order valence-electron chi connectivity index (χ0n) is 6.32. The number of carbonyl (C=O) groups is 1. The minimum absolute atomic E-state index is 0.0572. The molecule has 11 heavy (non-hydrogen) atoms. The van der Waals surface area contributed by atoms with Crippen molar-refractivity contribution in [3.05, 3.63) is 36.2 Å². The quantitative estimate of drug-likeness (QED) is 0.596. The van der Waals surface area contributed by atoms with E-state index < -0.39 is 0 Å². The molecular formula is C9H9NO. The largest absolute Gasteiger partial charge is 0.295 e. The van der Waals surface area contributed by atoms with Crippen molar-refractivity contribution in [1.82, 2.24) is 4.98 Å². The standard InChI is InChI=1S/C9H9NO/c1-8(11)2-3-9-4-6-10-7-5-9/h2-7H,1H3. The lowest BCUT2D eigenvalue weighted by atomic mass is 10.2. The molecule has 2 nitrogen and oxygen atoms in total. The Balaban J connectivity index is 2.72. The van der Waals surface area contributed by atoms with Crippen LogP contribution in [0, 0.1) is 0 Å². The SMILES string of the molecule is CC(=O)C=Cc1ccncc1. The van der Waals surface area contributed by atoms with E-state index in [1.807, 2.05) is 12.1 Å². The van der Waals surface area contributed by atoms with Crippen molar-refractivity contribution < 1.29 is 4.79 Å². The molecule has 0 aliphatic carbocycles. The molecule has 0 aromatic carbocycles. The van der Waals surface area contributed by atoms with Gasteiger partial charge in [0.05, 0.1) is 0 Å². The number of pyridine rings is 1. The summed E-state index contributed by atoms with van der Waals surface area (Å²) in [5, 5.41) is 0. The second-order valence-electron chi connectivity index (χ2n) is 2.22. The number of carbonyl (C=O) groups excluding carboxylic acids is 1. The van der Waals surface area contributed by atoms with E-state index in [0.717, 1.165) is 5.56 Å². The maximum Gasteiger partial charge on any atom is 0.152 e. The molecule has 0 spiro atoms. The third-order valence-corrected chi connectivity index (χ3v) is 1.22. The van der Waals surface area contributed by atoms with Crippen molar-refractivity contribution >= 4 is 11.9 Å². The van der Waals surface area contributed by atoms with Crippen LogP contribution in [0.2, 0.25) is 0 Å². The van der Waals surface area contributed by atoms with Crippen molar-refractivity contribution in [3.8, 4) is 0 Å². The molecule has 56 valence electrons. The third-order valence-electron chi connectivity index (χ3n) is 1.22. The molecule has 0 atom stereocenters. The summed E-state index contributed by atoms with van der Waals surface area (Å²) in [4.78, 5) is 14.4. The second kappa shape index (κ2) is 3.66. The first-order valence-corrected chi connectivity index (χ1v) is 3.38. The van der Waals surface area contributed by atoms with Gasteiger partial charge in [-0.3, -0.25) is 9.78 Å². The van der Waals surface area contributed by atoms with E-state index in [1.54, 1.807) is 18.5 Å². The summed E-state index contributed by atoms with van der Waals surface area (Å²) >= 11 is 0. The van der Waals surface area contributed by atoms with Crippen LogP contribution >= 0.6 is 0 Å². The fourth-order valence-electron chi connectivity index (χ4n) is 0.688. The van der Waals surface area contributed by atoms with Crippen LogP contribution in [-0.4, -0.2) is 10.8 Å². The van der Waals surface area contributed by atoms with Gasteiger partial charge >= 0.3 is 0 Å². The van der Waals surface area contributed by atoms with Crippen LogP contribution < -0.4 is 0 Å². The zero-order chi connectivity index (χ0) is 8.10. The van der Waals surface area contributed by atoms with Crippen LogP contribution in [0.5, 0.6) is 0 Å². The Hall–Kier alpha value is -1.44. The van der Waals surface area contributed by atoms with Crippen molar-refractivity contribution in [2.45, 2.75) is 6.92 Å². The van der Waals surface area contributed by atoms with Crippen molar-refractivity contribution in [1.29, 1.82) is 0 Å². The highest BCUT2D eigenvalue weighted by Crippen LogP contribution is 1.98. The van der Waals surface area contributed by atoms with Gasteiger partial charge in [-0.2, -0.15) is 0 Å². The van der Waals surface area contributed by atoms with Crippen molar-refractivity contribution in [3.63, 3.8) is 0 Å². The molecular weight excluding hydrogens is 138 g/mol. The predicted molar refractivity (Wildman–Crippen MR) is 44.0 cm³/mol. The molecule has 0 bridgehead atoms. The Kier molecular flexibility index (Phi) is 2.55. The Morgan fingerprint density at radius 3 is 2.64 bits per heavy atom. The van der Waals surface area contributed by atoms with Gasteiger partial charge in [0.25, 0.3) is 0 Å². The Labute approximate surface area is 65.6 Å². The summed E-state index contributed by atoms with van der Waals surface area (Å²) < 4.78 is 0. The lowest BCUT2D eigenvalue weighted by Gasteiger charge is -1.87. The molecule has 1 aromatic heterocycles. The number of nitrogens with zero attached hydrogens (tertiary/aromatic N) is 1. The smallest absolute Gasteiger partial charge is 0.152 e. The maximum absolute atomic E-state index is 10.5. The first-order chi connectivity index (χ1) is 5.29. The summed E-state index contributed by atoms with van der Waals surface area (Å²) in [6.45, 7) is 1.53. The highest BCUT2D eigenvalue weighted by Gasteiger charge is 1.84. The van der Waals surface area contributed by atoms with E-state index in [0.29, 0.717) is 0 Å². The van der Waals surface area contributed by atoms with Crippen LogP contribution in [0.25, 0.3) is 6.08 Å². The molecule has 0 fully saturated rings. The number of hydrogen-bond acceptors (Lipinski definition) is 2. The number of aromatic nitrogens is 1. The van der Waals surface area contributed by atoms with Gasteiger partial charge in [-0.05, 0) is 30.7 Å². The van der Waals surface area contributed by atoms with E-state index in [1.165, 1.54) is 13.0 Å². The number of allylic oxidation sites excluding steroid dienone is 1. The topological polar surface area (TPSA) is 30.0 Å². The zero-order valence-corrected chi connectivity index (χ0v) is 6.32. The predicted octanol–water partition coefficient (Wildman–Crippen LogP) is 1.68. The molecule has 0 amide bonds. The highest BCUT2D eigenvalue weighted by atomic mass is 16.1. The molecule has 0 unspecified atom stereocenters. The van der Waals surface area contributed by atoms with Crippen LogP contribution in [-0.2, 0) is 4.79 Å². The molecule has 2 heteroatoms. The number of ketones is 1. The molecule has 0 saturated heterocycles. The maximum atomic E-state index is 10.5. The monoisotopic (exact) mass is 147 g/mol. The van der Waals surface area contributed by atoms with Crippen molar-refractivity contribution in [2.75, 3.05) is 0 Å². The molecule has 1 rings (SSSR count). The lowest BCUT2D eigenvalue weighted by molar-refractivity contribution is -0.112. The number of rotatable bonds is 2. The van der Waals surface area contributed by atoms with Crippen molar-refractivity contribution in [2.24, 2.45) is 0 Å². The summed E-state index contributed by atoms with van der Waals surface area (Å²) in [5.41, 5.74) is 0.996. The normalized spacial score (nSPS) is 10.3. The van der Waals surface area contributed by atoms with E-state index in [2.05, 4.69) is 4.98 Å². The van der Waals surface area contributed by atoms with Gasteiger partial charge < -0.3 is 0 Å². The average Bonchev–Trinajstić information content (AvgIpc) is 2.03. The van der Waals surface area contributed by atoms with Crippen LogP contribution in [0.4, 0.5) is 0 Å². The molecule has 1 heterocycles. The van der Waals surface area contributed by atoms with E-state index >= 15 is 0 Å². The molecule has 0 N–H and O–H groups in total. The van der Waals surface area contributed by atoms with Gasteiger partial charge in [-0.15, -0.1) is 0 Å². The van der Waals surface area contributed by atoms with E-state index in [4.69, 9.17) is 0 Å². The highest BCUT2D eigenvalue weighted by molar-refractivity contribution is 5.91. The second-order valence-corrected chi connectivity index (χ2v) is 2.22. The summed E-state index contributed by atoms with van der Waals surface area (Å²) in [6, 6.07) is 3.69. The van der Waals surface area contributed by atoms with Gasteiger partial charge in [0.2, 0.25) is 0 Å². The minimum atomic E-state index is 0.0572. The fourth-order valence-corrected chi connectivity index (χ4v) is 0.688. The lowest BCUT2D eigenvalue weighted by Crippen LogP contribution is -1.79. The molecule has 0 radical (unpaired) electrons. The Morgan fingerprint density at radius 1 is 1.45 bits per heavy atom. The molecule has 0 saturated carbocycles. The van der Waals surface area contributed by atoms with Gasteiger partial charge in [0.1, 0.15) is 0 Å². The summed E-state index contributed by atoms with van der Waals surface area (Å²) in [6.07, 6.45) is 6.69. The number of hydrogen-bond donors (Lipinski definition) is 0. The van der Waals surface area contributed by atoms with Gasteiger partial charge in [0.15, 0.2) is 5.78 Å². The van der Waals surface area contributed by atoms with Gasteiger partial charge in [-0.1, -0.05) is 6.08 Å².